The van der Waals surface area contributed by atoms with E-state index in [1.807, 2.05) is 20.9 Å². The molecule has 1 saturated carbocycles. The van der Waals surface area contributed by atoms with Crippen LogP contribution >= 0.6 is 0 Å². The molecule has 0 saturated heterocycles. The van der Waals surface area contributed by atoms with E-state index < -0.39 is 0 Å². The molecule has 0 amide bonds. The van der Waals surface area contributed by atoms with Crippen LogP contribution in [0, 0.1) is 0 Å². The van der Waals surface area contributed by atoms with Crippen LogP contribution in [0.1, 0.15) is 39.5 Å². The lowest BCUT2D eigenvalue weighted by atomic mass is 9.92. The van der Waals surface area contributed by atoms with Gasteiger partial charge in [-0.2, -0.15) is 0 Å². The number of hydrogen-bond donors (Lipinski definition) is 1. The summed E-state index contributed by atoms with van der Waals surface area (Å²) >= 11 is 0. The molecule has 1 heterocycles. The lowest BCUT2D eigenvalue weighted by Crippen LogP contribution is -2.43. The minimum absolute atomic E-state index is 0.0995. The molecule has 1 aromatic heterocycles. The lowest BCUT2D eigenvalue weighted by molar-refractivity contribution is 0.111. The molecule has 1 aromatic rings. The summed E-state index contributed by atoms with van der Waals surface area (Å²) in [6.07, 6.45) is 6.46. The largest absolute Gasteiger partial charge is 0.475 e. The summed E-state index contributed by atoms with van der Waals surface area (Å²) in [6.45, 7) is 3.95. The number of ether oxygens (including phenoxy) is 2. The first kappa shape index (κ1) is 14.1. The first-order chi connectivity index (χ1) is 9.19. The predicted molar refractivity (Wildman–Crippen MR) is 73.5 cm³/mol. The van der Waals surface area contributed by atoms with Gasteiger partial charge in [-0.15, -0.1) is 0 Å². The maximum absolute atomic E-state index is 5.99. The highest BCUT2D eigenvalue weighted by Crippen LogP contribution is 2.24. The van der Waals surface area contributed by atoms with Crippen molar-refractivity contribution in [3.63, 3.8) is 0 Å². The standard InChI is InChI=1S/C14H23N3O2/c1-10(2)18-13-8-14(17-9-16-13)19-12-7-5-4-6-11(12)15-3/h8-12,15H,4-7H2,1-3H3. The first-order valence-electron chi connectivity index (χ1n) is 7.01. The summed E-state index contributed by atoms with van der Waals surface area (Å²) in [6, 6.07) is 2.17. The molecule has 1 aliphatic rings. The Morgan fingerprint density at radius 3 is 2.68 bits per heavy atom. The van der Waals surface area contributed by atoms with Gasteiger partial charge in [0, 0.05) is 6.04 Å². The lowest BCUT2D eigenvalue weighted by Gasteiger charge is -2.31. The van der Waals surface area contributed by atoms with Gasteiger partial charge in [0.05, 0.1) is 12.2 Å². The van der Waals surface area contributed by atoms with Crippen molar-refractivity contribution >= 4 is 0 Å². The Kier molecular flexibility index (Phi) is 4.96. The van der Waals surface area contributed by atoms with Crippen molar-refractivity contribution in [2.75, 3.05) is 7.05 Å². The Bertz CT molecular complexity index is 398. The van der Waals surface area contributed by atoms with Crippen molar-refractivity contribution < 1.29 is 9.47 Å². The van der Waals surface area contributed by atoms with Gasteiger partial charge in [-0.3, -0.25) is 0 Å². The third-order valence-electron chi connectivity index (χ3n) is 3.32. The number of likely N-dealkylation sites (N-methyl/N-ethyl adjacent to an activating group) is 1. The minimum Gasteiger partial charge on any atom is -0.475 e. The maximum atomic E-state index is 5.99. The topological polar surface area (TPSA) is 56.3 Å². The number of hydrogen-bond acceptors (Lipinski definition) is 5. The Hall–Kier alpha value is -1.36. The zero-order valence-corrected chi connectivity index (χ0v) is 11.9. The second-order valence-corrected chi connectivity index (χ2v) is 5.20. The zero-order chi connectivity index (χ0) is 13.7. The van der Waals surface area contributed by atoms with Crippen LogP contribution in [-0.4, -0.2) is 35.3 Å². The maximum Gasteiger partial charge on any atom is 0.220 e. The van der Waals surface area contributed by atoms with Crippen LogP contribution in [0.2, 0.25) is 0 Å². The monoisotopic (exact) mass is 265 g/mol. The van der Waals surface area contributed by atoms with E-state index in [1.165, 1.54) is 19.2 Å². The first-order valence-corrected chi connectivity index (χ1v) is 7.01. The fourth-order valence-electron chi connectivity index (χ4n) is 2.42. The molecule has 1 N–H and O–H groups in total. The van der Waals surface area contributed by atoms with Gasteiger partial charge < -0.3 is 14.8 Å². The summed E-state index contributed by atoms with van der Waals surface area (Å²) in [7, 11) is 1.99. The molecule has 2 rings (SSSR count). The van der Waals surface area contributed by atoms with Crippen LogP contribution < -0.4 is 14.8 Å². The summed E-state index contributed by atoms with van der Waals surface area (Å²) < 4.78 is 11.5. The zero-order valence-electron chi connectivity index (χ0n) is 11.9. The number of rotatable bonds is 5. The van der Waals surface area contributed by atoms with Crippen LogP contribution in [0.25, 0.3) is 0 Å². The molecule has 19 heavy (non-hydrogen) atoms. The summed E-state index contributed by atoms with van der Waals surface area (Å²) in [5, 5.41) is 3.32. The Morgan fingerprint density at radius 1 is 1.21 bits per heavy atom. The van der Waals surface area contributed by atoms with Gasteiger partial charge in [0.1, 0.15) is 12.4 Å². The molecule has 0 bridgehead atoms. The second-order valence-electron chi connectivity index (χ2n) is 5.20. The molecule has 2 unspecified atom stereocenters. The van der Waals surface area contributed by atoms with E-state index in [0.717, 1.165) is 12.8 Å². The third kappa shape index (κ3) is 4.06. The third-order valence-corrected chi connectivity index (χ3v) is 3.32. The highest BCUT2D eigenvalue weighted by Gasteiger charge is 2.25. The normalized spacial score (nSPS) is 23.4. The molecule has 2 atom stereocenters. The van der Waals surface area contributed by atoms with E-state index in [4.69, 9.17) is 9.47 Å². The molecule has 0 aromatic carbocycles. The van der Waals surface area contributed by atoms with Crippen molar-refractivity contribution in [3.05, 3.63) is 12.4 Å². The van der Waals surface area contributed by atoms with Gasteiger partial charge in [0.25, 0.3) is 0 Å². The highest BCUT2D eigenvalue weighted by molar-refractivity contribution is 5.19. The van der Waals surface area contributed by atoms with E-state index >= 15 is 0 Å². The Labute approximate surface area is 114 Å². The van der Waals surface area contributed by atoms with Crippen LogP contribution in [0.3, 0.4) is 0 Å². The molecule has 1 aliphatic carbocycles. The molecule has 5 nitrogen and oxygen atoms in total. The number of aromatic nitrogens is 2. The van der Waals surface area contributed by atoms with Gasteiger partial charge in [-0.25, -0.2) is 9.97 Å². The molecular weight excluding hydrogens is 242 g/mol. The van der Waals surface area contributed by atoms with E-state index in [1.54, 1.807) is 6.07 Å². The van der Waals surface area contributed by atoms with Gasteiger partial charge >= 0.3 is 0 Å². The van der Waals surface area contributed by atoms with Crippen LogP contribution in [0.15, 0.2) is 12.4 Å². The molecular formula is C14H23N3O2. The minimum atomic E-state index is 0.0995. The summed E-state index contributed by atoms with van der Waals surface area (Å²) in [5.74, 6) is 1.16. The quantitative estimate of drug-likeness (QED) is 0.884. The van der Waals surface area contributed by atoms with E-state index in [9.17, 15) is 0 Å². The van der Waals surface area contributed by atoms with E-state index in [-0.39, 0.29) is 12.2 Å². The number of nitrogens with zero attached hydrogens (tertiary/aromatic N) is 2. The smallest absolute Gasteiger partial charge is 0.220 e. The molecule has 5 heteroatoms. The average Bonchev–Trinajstić information content (AvgIpc) is 2.39. The molecule has 106 valence electrons. The van der Waals surface area contributed by atoms with Crippen LogP contribution in [-0.2, 0) is 0 Å². The SMILES string of the molecule is CNC1CCCCC1Oc1cc(OC(C)C)ncn1. The fourth-order valence-corrected chi connectivity index (χ4v) is 2.42. The second kappa shape index (κ2) is 6.70. The van der Waals surface area contributed by atoms with E-state index in [0.29, 0.717) is 17.8 Å². The van der Waals surface area contributed by atoms with E-state index in [2.05, 4.69) is 15.3 Å². The van der Waals surface area contributed by atoms with Crippen molar-refractivity contribution in [3.8, 4) is 11.8 Å². The average molecular weight is 265 g/mol. The van der Waals surface area contributed by atoms with Crippen molar-refractivity contribution in [1.82, 2.24) is 15.3 Å². The van der Waals surface area contributed by atoms with Crippen molar-refractivity contribution in [2.24, 2.45) is 0 Å². The molecule has 0 aliphatic heterocycles. The predicted octanol–water partition coefficient (Wildman–Crippen LogP) is 2.17. The Balaban J connectivity index is 2.01. The summed E-state index contributed by atoms with van der Waals surface area (Å²) in [5.41, 5.74) is 0. The van der Waals surface area contributed by atoms with Gasteiger partial charge in [-0.05, 0) is 40.2 Å². The van der Waals surface area contributed by atoms with Crippen LogP contribution in [0.5, 0.6) is 11.8 Å². The highest BCUT2D eigenvalue weighted by atomic mass is 16.5. The van der Waals surface area contributed by atoms with Crippen molar-refractivity contribution in [1.29, 1.82) is 0 Å². The fraction of sp³-hybridized carbons (Fsp3) is 0.714. The van der Waals surface area contributed by atoms with Crippen LogP contribution in [0.4, 0.5) is 0 Å². The van der Waals surface area contributed by atoms with Gasteiger partial charge in [-0.1, -0.05) is 6.42 Å². The molecule has 0 radical (unpaired) electrons. The molecule has 0 spiro atoms. The van der Waals surface area contributed by atoms with Gasteiger partial charge in [0.15, 0.2) is 0 Å². The molecule has 1 fully saturated rings. The van der Waals surface area contributed by atoms with Gasteiger partial charge in [0.2, 0.25) is 11.8 Å². The summed E-state index contributed by atoms with van der Waals surface area (Å²) in [4.78, 5) is 8.25. The van der Waals surface area contributed by atoms with Crippen molar-refractivity contribution in [2.45, 2.75) is 57.8 Å². The Morgan fingerprint density at radius 2 is 1.95 bits per heavy atom. The number of nitrogens with one attached hydrogen (secondary N) is 1.